The Morgan fingerprint density at radius 3 is 2.72 bits per heavy atom. The van der Waals surface area contributed by atoms with E-state index in [4.69, 9.17) is 9.47 Å². The summed E-state index contributed by atoms with van der Waals surface area (Å²) < 4.78 is 14.6. The third-order valence-electron chi connectivity index (χ3n) is 7.01. The minimum Gasteiger partial charge on any atom is -0.490 e. The highest BCUT2D eigenvalue weighted by Gasteiger charge is 2.39. The molecule has 1 atom stereocenters. The topological polar surface area (TPSA) is 77.8 Å². The van der Waals surface area contributed by atoms with Crippen molar-refractivity contribution in [3.05, 3.63) is 45.2 Å². The van der Waals surface area contributed by atoms with Crippen molar-refractivity contribution in [1.29, 1.82) is 0 Å². The number of benzene rings is 1. The number of nitrogens with zero attached hydrogens (tertiary/aromatic N) is 1. The lowest BCUT2D eigenvalue weighted by atomic mass is 9.83. The van der Waals surface area contributed by atoms with Crippen molar-refractivity contribution in [3.63, 3.8) is 0 Å². The largest absolute Gasteiger partial charge is 0.490 e. The second-order valence-corrected chi connectivity index (χ2v) is 10.5. The van der Waals surface area contributed by atoms with Gasteiger partial charge in [0, 0.05) is 35.9 Å². The first-order valence-electron chi connectivity index (χ1n) is 11.6. The van der Waals surface area contributed by atoms with Crippen LogP contribution in [0.15, 0.2) is 23.1 Å². The number of fused-ring (bicyclic) bond motifs is 5. The summed E-state index contributed by atoms with van der Waals surface area (Å²) >= 11 is 0. The second kappa shape index (κ2) is 7.39. The Balaban J connectivity index is 1.67. The first-order valence-corrected chi connectivity index (χ1v) is 11.6. The summed E-state index contributed by atoms with van der Waals surface area (Å²) in [7, 11) is 0. The van der Waals surface area contributed by atoms with E-state index in [1.54, 1.807) is 0 Å². The van der Waals surface area contributed by atoms with Gasteiger partial charge in [-0.05, 0) is 50.2 Å². The van der Waals surface area contributed by atoms with Crippen molar-refractivity contribution in [2.24, 2.45) is 11.8 Å². The summed E-state index contributed by atoms with van der Waals surface area (Å²) in [6.07, 6.45) is 6.67. The summed E-state index contributed by atoms with van der Waals surface area (Å²) in [6, 6.07) is 3.65. The fourth-order valence-corrected chi connectivity index (χ4v) is 5.17. The Hall–Kier alpha value is -2.76. The molecular formula is C26H31NO5. The molecule has 6 nitrogen and oxygen atoms in total. The number of ether oxygens (including phenoxy) is 2. The molecule has 1 N–H and O–H groups in total. The van der Waals surface area contributed by atoms with Gasteiger partial charge in [0.15, 0.2) is 16.9 Å². The van der Waals surface area contributed by atoms with Crippen LogP contribution in [0.1, 0.15) is 74.5 Å². The number of aromatic carboxylic acids is 1. The molecule has 0 amide bonds. The lowest BCUT2D eigenvalue weighted by Gasteiger charge is -2.34. The summed E-state index contributed by atoms with van der Waals surface area (Å²) in [4.78, 5) is 24.3. The van der Waals surface area contributed by atoms with Crippen LogP contribution in [0.2, 0.25) is 0 Å². The van der Waals surface area contributed by atoms with E-state index in [1.165, 1.54) is 25.1 Å². The molecule has 0 saturated heterocycles. The first-order chi connectivity index (χ1) is 15.1. The molecule has 2 aliphatic heterocycles. The molecule has 0 bridgehead atoms. The van der Waals surface area contributed by atoms with E-state index in [-0.39, 0.29) is 23.1 Å². The molecule has 3 aliphatic rings. The van der Waals surface area contributed by atoms with Gasteiger partial charge in [0.25, 0.3) is 0 Å². The fraction of sp³-hybridized carbons (Fsp3) is 0.538. The molecule has 5 rings (SSSR count). The van der Waals surface area contributed by atoms with Gasteiger partial charge >= 0.3 is 5.97 Å². The van der Waals surface area contributed by atoms with Crippen molar-refractivity contribution in [3.8, 4) is 22.8 Å². The quantitative estimate of drug-likeness (QED) is 0.698. The number of rotatable bonds is 6. The number of aromatic nitrogens is 1. The lowest BCUT2D eigenvalue weighted by Crippen LogP contribution is -2.29. The van der Waals surface area contributed by atoms with Crippen LogP contribution in [0.25, 0.3) is 11.3 Å². The average molecular weight is 438 g/mol. The number of carboxylic acids is 1. The zero-order valence-corrected chi connectivity index (χ0v) is 19.2. The Bertz CT molecular complexity index is 1160. The molecule has 170 valence electrons. The van der Waals surface area contributed by atoms with Gasteiger partial charge in [0.1, 0.15) is 11.2 Å². The van der Waals surface area contributed by atoms with Crippen molar-refractivity contribution >= 4 is 5.97 Å². The van der Waals surface area contributed by atoms with E-state index >= 15 is 0 Å². The second-order valence-electron chi connectivity index (χ2n) is 10.5. The molecule has 0 radical (unpaired) electrons. The van der Waals surface area contributed by atoms with Crippen LogP contribution in [0.3, 0.4) is 0 Å². The monoisotopic (exact) mass is 437 g/mol. The summed E-state index contributed by atoms with van der Waals surface area (Å²) in [5.41, 5.74) is 2.98. The van der Waals surface area contributed by atoms with E-state index in [0.29, 0.717) is 13.0 Å². The van der Waals surface area contributed by atoms with E-state index in [9.17, 15) is 14.7 Å². The van der Waals surface area contributed by atoms with Gasteiger partial charge in [0.05, 0.1) is 12.3 Å². The van der Waals surface area contributed by atoms with Gasteiger partial charge in [-0.25, -0.2) is 4.79 Å². The number of carboxylic acid groups (broad SMARTS) is 1. The molecule has 1 fully saturated rings. The molecule has 1 unspecified atom stereocenters. The average Bonchev–Trinajstić information content (AvgIpc) is 3.46. The molecule has 1 aliphatic carbocycles. The molecular weight excluding hydrogens is 406 g/mol. The minimum absolute atomic E-state index is 0.0592. The van der Waals surface area contributed by atoms with Gasteiger partial charge < -0.3 is 19.1 Å². The predicted octanol–water partition coefficient (Wildman–Crippen LogP) is 4.86. The Labute approximate surface area is 188 Å². The van der Waals surface area contributed by atoms with Crippen LogP contribution in [0.5, 0.6) is 11.5 Å². The zero-order valence-electron chi connectivity index (χ0n) is 19.2. The van der Waals surface area contributed by atoms with Gasteiger partial charge in [0.2, 0.25) is 0 Å². The van der Waals surface area contributed by atoms with Crippen LogP contribution in [0.4, 0.5) is 0 Å². The highest BCUT2D eigenvalue weighted by atomic mass is 16.5. The first kappa shape index (κ1) is 21.1. The van der Waals surface area contributed by atoms with Crippen LogP contribution in [0, 0.1) is 11.8 Å². The maximum Gasteiger partial charge on any atom is 0.341 e. The summed E-state index contributed by atoms with van der Waals surface area (Å²) in [5.74, 6) is 1.45. The third-order valence-corrected chi connectivity index (χ3v) is 7.01. The van der Waals surface area contributed by atoms with E-state index in [1.807, 2.05) is 4.57 Å². The van der Waals surface area contributed by atoms with Crippen LogP contribution in [-0.2, 0) is 12.8 Å². The molecule has 2 aromatic rings. The van der Waals surface area contributed by atoms with Crippen molar-refractivity contribution < 1.29 is 19.4 Å². The standard InChI is InChI=1S/C26H31NO5/c1-14(2)19-9-16-10-22(31-8-7-15-5-6-15)24-17(12-26(3,4)32-24)23(16)20-11-21(28)18(25(29)30)13-27(19)20/h10-11,13-15,19H,5-9,12H2,1-4H3,(H,29,30). The van der Waals surface area contributed by atoms with Crippen molar-refractivity contribution in [2.75, 3.05) is 6.61 Å². The van der Waals surface area contributed by atoms with Gasteiger partial charge in [-0.1, -0.05) is 26.7 Å². The molecule has 32 heavy (non-hydrogen) atoms. The molecule has 6 heteroatoms. The molecule has 1 aromatic carbocycles. The minimum atomic E-state index is -1.19. The van der Waals surface area contributed by atoms with Crippen LogP contribution in [-0.4, -0.2) is 27.9 Å². The van der Waals surface area contributed by atoms with E-state index < -0.39 is 11.4 Å². The molecule has 1 aromatic heterocycles. The van der Waals surface area contributed by atoms with E-state index in [0.717, 1.165) is 52.6 Å². The van der Waals surface area contributed by atoms with E-state index in [2.05, 4.69) is 33.8 Å². The Morgan fingerprint density at radius 2 is 2.06 bits per heavy atom. The van der Waals surface area contributed by atoms with Gasteiger partial charge in [-0.2, -0.15) is 0 Å². The maximum atomic E-state index is 12.7. The predicted molar refractivity (Wildman–Crippen MR) is 122 cm³/mol. The normalized spacial score (nSPS) is 20.3. The highest BCUT2D eigenvalue weighted by Crippen LogP contribution is 2.51. The van der Waals surface area contributed by atoms with Crippen LogP contribution < -0.4 is 14.9 Å². The SMILES string of the molecule is CC(C)C1Cc2cc(OCCC3CC3)c3c(c2-c2cc(=O)c(C(=O)O)cn21)CC(C)(C)O3. The van der Waals surface area contributed by atoms with Gasteiger partial charge in [-0.3, -0.25) is 4.79 Å². The lowest BCUT2D eigenvalue weighted by molar-refractivity contribution is 0.0694. The molecule has 1 saturated carbocycles. The number of hydrogen-bond acceptors (Lipinski definition) is 4. The number of carbonyl (C=O) groups is 1. The molecule has 3 heterocycles. The third kappa shape index (κ3) is 3.59. The van der Waals surface area contributed by atoms with Crippen molar-refractivity contribution in [2.45, 2.75) is 71.4 Å². The Kier molecular flexibility index (Phi) is 4.88. The molecule has 0 spiro atoms. The fourth-order valence-electron chi connectivity index (χ4n) is 5.17. The smallest absolute Gasteiger partial charge is 0.341 e. The van der Waals surface area contributed by atoms with Gasteiger partial charge in [-0.15, -0.1) is 0 Å². The Morgan fingerprint density at radius 1 is 1.31 bits per heavy atom. The highest BCUT2D eigenvalue weighted by molar-refractivity contribution is 5.88. The maximum absolute atomic E-state index is 12.7. The van der Waals surface area contributed by atoms with Crippen LogP contribution >= 0.6 is 0 Å². The summed E-state index contributed by atoms with van der Waals surface area (Å²) in [5, 5.41) is 9.52. The summed E-state index contributed by atoms with van der Waals surface area (Å²) in [6.45, 7) is 9.07. The zero-order chi connectivity index (χ0) is 22.8. The number of pyridine rings is 1. The number of hydrogen-bond donors (Lipinski definition) is 1. The van der Waals surface area contributed by atoms with Crippen molar-refractivity contribution in [1.82, 2.24) is 4.57 Å².